The summed E-state index contributed by atoms with van der Waals surface area (Å²) in [5.41, 5.74) is 1.22. The topological polar surface area (TPSA) is 30.5 Å². The molecule has 1 aromatic rings. The third kappa shape index (κ3) is 3.21. The zero-order chi connectivity index (χ0) is 13.7. The summed E-state index contributed by atoms with van der Waals surface area (Å²) in [6.45, 7) is 0. The molecule has 19 heavy (non-hydrogen) atoms. The van der Waals surface area contributed by atoms with Crippen LogP contribution < -0.4 is 14.8 Å². The van der Waals surface area contributed by atoms with Crippen molar-refractivity contribution in [3.63, 3.8) is 0 Å². The van der Waals surface area contributed by atoms with Crippen LogP contribution in [0.4, 0.5) is 0 Å². The van der Waals surface area contributed by atoms with Crippen LogP contribution in [0.2, 0.25) is 0 Å². The van der Waals surface area contributed by atoms with Crippen molar-refractivity contribution in [1.82, 2.24) is 5.32 Å². The molecule has 1 aromatic carbocycles. The van der Waals surface area contributed by atoms with Crippen molar-refractivity contribution in [1.29, 1.82) is 0 Å². The Kier molecular flexibility index (Phi) is 5.08. The molecule has 0 spiro atoms. The van der Waals surface area contributed by atoms with Gasteiger partial charge in [0.1, 0.15) is 11.5 Å². The van der Waals surface area contributed by atoms with E-state index in [0.717, 1.165) is 11.5 Å². The Hall–Kier alpha value is -1.22. The lowest BCUT2D eigenvalue weighted by Gasteiger charge is -2.31. The normalized spacial score (nSPS) is 18.1. The fourth-order valence-corrected chi connectivity index (χ4v) is 3.20. The summed E-state index contributed by atoms with van der Waals surface area (Å²) in [5, 5.41) is 3.48. The molecule has 0 aliphatic heterocycles. The van der Waals surface area contributed by atoms with Gasteiger partial charge in [-0.25, -0.2) is 0 Å². The smallest absolute Gasteiger partial charge is 0.123 e. The van der Waals surface area contributed by atoms with Crippen LogP contribution in [0.25, 0.3) is 0 Å². The molecule has 0 bridgehead atoms. The molecule has 1 unspecified atom stereocenters. The molecule has 1 aliphatic carbocycles. The quantitative estimate of drug-likeness (QED) is 0.881. The van der Waals surface area contributed by atoms with Crippen LogP contribution in [0.1, 0.15) is 43.7 Å². The van der Waals surface area contributed by atoms with Crippen molar-refractivity contribution in [2.24, 2.45) is 5.92 Å². The molecule has 0 radical (unpaired) electrons. The lowest BCUT2D eigenvalue weighted by molar-refractivity contribution is 0.274. The maximum atomic E-state index is 5.52. The van der Waals surface area contributed by atoms with E-state index in [1.54, 1.807) is 14.2 Å². The molecule has 1 atom stereocenters. The van der Waals surface area contributed by atoms with Gasteiger partial charge in [0.2, 0.25) is 0 Å². The first-order valence-electron chi connectivity index (χ1n) is 7.19. The summed E-state index contributed by atoms with van der Waals surface area (Å²) >= 11 is 0. The highest BCUT2D eigenvalue weighted by Crippen LogP contribution is 2.39. The van der Waals surface area contributed by atoms with Gasteiger partial charge in [-0.05, 0) is 44.0 Å². The first kappa shape index (κ1) is 14.2. The fourth-order valence-electron chi connectivity index (χ4n) is 3.20. The van der Waals surface area contributed by atoms with Crippen LogP contribution in [0.5, 0.6) is 11.5 Å². The molecule has 3 nitrogen and oxygen atoms in total. The highest BCUT2D eigenvalue weighted by Gasteiger charge is 2.26. The summed E-state index contributed by atoms with van der Waals surface area (Å²) in [7, 11) is 5.48. The van der Waals surface area contributed by atoms with Gasteiger partial charge >= 0.3 is 0 Å². The Balaban J connectivity index is 2.29. The Morgan fingerprint density at radius 2 is 1.84 bits per heavy atom. The van der Waals surface area contributed by atoms with Gasteiger partial charge in [-0.1, -0.05) is 19.3 Å². The predicted molar refractivity (Wildman–Crippen MR) is 77.9 cm³/mol. The summed E-state index contributed by atoms with van der Waals surface area (Å²) in [6.07, 6.45) is 6.66. The Labute approximate surface area is 116 Å². The van der Waals surface area contributed by atoms with Crippen LogP contribution in [-0.2, 0) is 0 Å². The SMILES string of the molecule is CNC(c1cc(OC)ccc1OC)C1CCCCC1. The largest absolute Gasteiger partial charge is 0.497 e. The summed E-state index contributed by atoms with van der Waals surface area (Å²) in [5.74, 6) is 2.54. The number of nitrogens with one attached hydrogen (secondary N) is 1. The van der Waals surface area contributed by atoms with E-state index in [-0.39, 0.29) is 0 Å². The van der Waals surface area contributed by atoms with E-state index in [2.05, 4.69) is 11.4 Å². The third-order valence-electron chi connectivity index (χ3n) is 4.20. The lowest BCUT2D eigenvalue weighted by atomic mass is 9.81. The van der Waals surface area contributed by atoms with E-state index >= 15 is 0 Å². The minimum Gasteiger partial charge on any atom is -0.497 e. The monoisotopic (exact) mass is 263 g/mol. The molecule has 1 N–H and O–H groups in total. The van der Waals surface area contributed by atoms with E-state index in [1.807, 2.05) is 19.2 Å². The average molecular weight is 263 g/mol. The van der Waals surface area contributed by atoms with E-state index in [0.29, 0.717) is 12.0 Å². The predicted octanol–water partition coefficient (Wildman–Crippen LogP) is 3.54. The van der Waals surface area contributed by atoms with Gasteiger partial charge in [-0.2, -0.15) is 0 Å². The molecule has 0 saturated heterocycles. The fraction of sp³-hybridized carbons (Fsp3) is 0.625. The number of hydrogen-bond donors (Lipinski definition) is 1. The second kappa shape index (κ2) is 6.80. The molecule has 0 amide bonds. The van der Waals surface area contributed by atoms with Gasteiger partial charge in [-0.3, -0.25) is 0 Å². The molecule has 1 fully saturated rings. The molecule has 2 rings (SSSR count). The maximum Gasteiger partial charge on any atom is 0.123 e. The number of rotatable bonds is 5. The van der Waals surface area contributed by atoms with Crippen LogP contribution in [0, 0.1) is 5.92 Å². The second-order valence-electron chi connectivity index (χ2n) is 5.27. The van der Waals surface area contributed by atoms with Gasteiger partial charge in [0, 0.05) is 11.6 Å². The lowest BCUT2D eigenvalue weighted by Crippen LogP contribution is -2.27. The molecular weight excluding hydrogens is 238 g/mol. The summed E-state index contributed by atoms with van der Waals surface area (Å²) in [6, 6.07) is 6.41. The molecule has 0 aromatic heterocycles. The Morgan fingerprint density at radius 1 is 1.11 bits per heavy atom. The van der Waals surface area contributed by atoms with Crippen LogP contribution >= 0.6 is 0 Å². The van der Waals surface area contributed by atoms with Crippen molar-refractivity contribution in [2.45, 2.75) is 38.1 Å². The van der Waals surface area contributed by atoms with Crippen molar-refractivity contribution in [3.05, 3.63) is 23.8 Å². The number of ether oxygens (including phenoxy) is 2. The van der Waals surface area contributed by atoms with E-state index < -0.39 is 0 Å². The Morgan fingerprint density at radius 3 is 2.42 bits per heavy atom. The molecule has 1 aliphatic rings. The van der Waals surface area contributed by atoms with Crippen LogP contribution in [-0.4, -0.2) is 21.3 Å². The van der Waals surface area contributed by atoms with Gasteiger partial charge < -0.3 is 14.8 Å². The highest BCUT2D eigenvalue weighted by atomic mass is 16.5. The number of benzene rings is 1. The van der Waals surface area contributed by atoms with Gasteiger partial charge in [-0.15, -0.1) is 0 Å². The standard InChI is InChI=1S/C16H25NO2/c1-17-16(12-7-5-4-6-8-12)14-11-13(18-2)9-10-15(14)19-3/h9-12,16-17H,4-8H2,1-3H3. The number of methoxy groups -OCH3 is 2. The first-order valence-corrected chi connectivity index (χ1v) is 7.19. The highest BCUT2D eigenvalue weighted by molar-refractivity contribution is 5.42. The first-order chi connectivity index (χ1) is 9.30. The minimum absolute atomic E-state index is 0.352. The summed E-state index contributed by atoms with van der Waals surface area (Å²) < 4.78 is 10.9. The molecule has 3 heteroatoms. The van der Waals surface area contributed by atoms with Gasteiger partial charge in [0.05, 0.1) is 14.2 Å². The average Bonchev–Trinajstić information content (AvgIpc) is 2.49. The number of hydrogen-bond acceptors (Lipinski definition) is 3. The second-order valence-corrected chi connectivity index (χ2v) is 5.27. The van der Waals surface area contributed by atoms with Crippen molar-refractivity contribution in [2.75, 3.05) is 21.3 Å². The molecule has 0 heterocycles. The zero-order valence-corrected chi connectivity index (χ0v) is 12.2. The van der Waals surface area contributed by atoms with Crippen molar-refractivity contribution in [3.8, 4) is 11.5 Å². The van der Waals surface area contributed by atoms with Crippen molar-refractivity contribution < 1.29 is 9.47 Å². The molecule has 1 saturated carbocycles. The zero-order valence-electron chi connectivity index (χ0n) is 12.2. The van der Waals surface area contributed by atoms with Crippen LogP contribution in [0.15, 0.2) is 18.2 Å². The van der Waals surface area contributed by atoms with Gasteiger partial charge in [0.15, 0.2) is 0 Å². The van der Waals surface area contributed by atoms with E-state index in [9.17, 15) is 0 Å². The van der Waals surface area contributed by atoms with E-state index in [4.69, 9.17) is 9.47 Å². The van der Waals surface area contributed by atoms with E-state index in [1.165, 1.54) is 37.7 Å². The summed E-state index contributed by atoms with van der Waals surface area (Å²) in [4.78, 5) is 0. The third-order valence-corrected chi connectivity index (χ3v) is 4.20. The molecule has 106 valence electrons. The van der Waals surface area contributed by atoms with Crippen molar-refractivity contribution >= 4 is 0 Å². The Bertz CT molecular complexity index is 400. The minimum atomic E-state index is 0.352. The van der Waals surface area contributed by atoms with Crippen LogP contribution in [0.3, 0.4) is 0 Å². The van der Waals surface area contributed by atoms with Gasteiger partial charge in [0.25, 0.3) is 0 Å². The maximum absolute atomic E-state index is 5.52. The molecular formula is C16H25NO2.